The molecule has 1 aliphatic rings. The number of hydrogen-bond donors (Lipinski definition) is 3. The molecule has 5 N–H and O–H groups in total. The molecule has 2 amide bonds. The largest absolute Gasteiger partial charge is 0.444 e. The van der Waals surface area contributed by atoms with Gasteiger partial charge in [0.1, 0.15) is 11.2 Å². The quantitative estimate of drug-likeness (QED) is 0.750. The SMILES string of the molecule is CC(C)(C)OC(=O)N[C@H]1CC[C@@H](n2cc(C(N)=O)c(N)n2)C(C#N)C1. The van der Waals surface area contributed by atoms with Gasteiger partial charge in [0.15, 0.2) is 5.82 Å². The molecule has 0 radical (unpaired) electrons. The van der Waals surface area contributed by atoms with Crippen molar-refractivity contribution in [3.05, 3.63) is 11.8 Å². The lowest BCUT2D eigenvalue weighted by molar-refractivity contribution is 0.0479. The highest BCUT2D eigenvalue weighted by molar-refractivity contribution is 5.96. The number of aromatic nitrogens is 2. The van der Waals surface area contributed by atoms with E-state index in [1.54, 1.807) is 20.8 Å². The highest BCUT2D eigenvalue weighted by Gasteiger charge is 2.34. The highest BCUT2D eigenvalue weighted by atomic mass is 16.6. The lowest BCUT2D eigenvalue weighted by Gasteiger charge is -2.33. The maximum absolute atomic E-state index is 11.9. The van der Waals surface area contributed by atoms with Crippen LogP contribution in [0.2, 0.25) is 0 Å². The Morgan fingerprint density at radius 1 is 1.44 bits per heavy atom. The third-order valence-electron chi connectivity index (χ3n) is 4.07. The van der Waals surface area contributed by atoms with Crippen molar-refractivity contribution in [3.63, 3.8) is 0 Å². The Morgan fingerprint density at radius 3 is 2.64 bits per heavy atom. The summed E-state index contributed by atoms with van der Waals surface area (Å²) >= 11 is 0. The second-order valence-corrected chi connectivity index (χ2v) is 7.23. The first kappa shape index (κ1) is 18.6. The minimum Gasteiger partial charge on any atom is -0.444 e. The molecule has 1 aromatic heterocycles. The van der Waals surface area contributed by atoms with E-state index in [0.29, 0.717) is 19.3 Å². The fraction of sp³-hybridized carbons (Fsp3) is 0.625. The summed E-state index contributed by atoms with van der Waals surface area (Å²) < 4.78 is 6.78. The number of alkyl carbamates (subject to hydrolysis) is 1. The number of carbonyl (C=O) groups is 2. The number of nitrogens with zero attached hydrogens (tertiary/aromatic N) is 3. The van der Waals surface area contributed by atoms with Crippen LogP contribution in [0.15, 0.2) is 6.20 Å². The second-order valence-electron chi connectivity index (χ2n) is 7.23. The summed E-state index contributed by atoms with van der Waals surface area (Å²) in [5, 5.41) is 16.4. The van der Waals surface area contributed by atoms with Crippen LogP contribution in [0, 0.1) is 17.2 Å². The normalized spacial score (nSPS) is 23.5. The van der Waals surface area contributed by atoms with Gasteiger partial charge in [-0.25, -0.2) is 4.79 Å². The number of anilines is 1. The predicted molar refractivity (Wildman–Crippen MR) is 90.3 cm³/mol. The van der Waals surface area contributed by atoms with Gasteiger partial charge in [-0.05, 0) is 40.0 Å². The molecule has 1 fully saturated rings. The van der Waals surface area contributed by atoms with Gasteiger partial charge in [-0.2, -0.15) is 10.4 Å². The van der Waals surface area contributed by atoms with E-state index in [-0.39, 0.29) is 29.4 Å². The number of nitrogens with two attached hydrogens (primary N) is 2. The fourth-order valence-corrected chi connectivity index (χ4v) is 2.98. The first-order valence-corrected chi connectivity index (χ1v) is 8.14. The van der Waals surface area contributed by atoms with Crippen LogP contribution < -0.4 is 16.8 Å². The van der Waals surface area contributed by atoms with Crippen LogP contribution in [-0.2, 0) is 4.74 Å². The van der Waals surface area contributed by atoms with Crippen molar-refractivity contribution in [2.75, 3.05) is 5.73 Å². The molecule has 1 saturated carbocycles. The molecule has 1 aromatic rings. The molecule has 1 unspecified atom stereocenters. The maximum Gasteiger partial charge on any atom is 0.407 e. The lowest BCUT2D eigenvalue weighted by atomic mass is 9.82. The third-order valence-corrected chi connectivity index (χ3v) is 4.07. The van der Waals surface area contributed by atoms with Gasteiger partial charge in [0, 0.05) is 12.2 Å². The van der Waals surface area contributed by atoms with Gasteiger partial charge >= 0.3 is 6.09 Å². The Kier molecular flexibility index (Phi) is 5.21. The van der Waals surface area contributed by atoms with Crippen LogP contribution >= 0.6 is 0 Å². The standard InChI is InChI=1S/C16H24N6O3/c1-16(2,3)25-15(24)20-10-4-5-12(9(6-10)7-17)22-8-11(14(19)23)13(18)21-22/h8-10,12H,4-6H2,1-3H3,(H2,18,21)(H2,19,23)(H,20,24)/t9?,10-,12+/m0/s1. The Morgan fingerprint density at radius 2 is 2.12 bits per heavy atom. The maximum atomic E-state index is 11.9. The summed E-state index contributed by atoms with van der Waals surface area (Å²) in [5.41, 5.74) is 10.5. The molecule has 0 saturated heterocycles. The van der Waals surface area contributed by atoms with Crippen LogP contribution in [0.3, 0.4) is 0 Å². The summed E-state index contributed by atoms with van der Waals surface area (Å²) in [5.74, 6) is -0.982. The molecule has 0 bridgehead atoms. The van der Waals surface area contributed by atoms with Crippen LogP contribution in [0.5, 0.6) is 0 Å². The van der Waals surface area contributed by atoms with Gasteiger partial charge in [0.2, 0.25) is 0 Å². The molecule has 1 heterocycles. The molecule has 1 aliphatic carbocycles. The molecule has 0 spiro atoms. The number of amides is 2. The van der Waals surface area contributed by atoms with E-state index in [4.69, 9.17) is 16.2 Å². The first-order chi connectivity index (χ1) is 11.6. The zero-order valence-corrected chi connectivity index (χ0v) is 14.7. The van der Waals surface area contributed by atoms with Crippen molar-refractivity contribution in [1.82, 2.24) is 15.1 Å². The molecule has 0 aliphatic heterocycles. The van der Waals surface area contributed by atoms with E-state index >= 15 is 0 Å². The molecular formula is C16H24N6O3. The Labute approximate surface area is 146 Å². The summed E-state index contributed by atoms with van der Waals surface area (Å²) in [6, 6.07) is 1.87. The van der Waals surface area contributed by atoms with Crippen molar-refractivity contribution in [2.24, 2.45) is 11.7 Å². The van der Waals surface area contributed by atoms with E-state index in [1.807, 2.05) is 0 Å². The number of carbonyl (C=O) groups excluding carboxylic acids is 2. The van der Waals surface area contributed by atoms with Crippen molar-refractivity contribution in [1.29, 1.82) is 5.26 Å². The molecular weight excluding hydrogens is 324 g/mol. The van der Waals surface area contributed by atoms with Crippen molar-refractivity contribution in [2.45, 2.75) is 57.7 Å². The number of hydrogen-bond acceptors (Lipinski definition) is 6. The number of nitrogen functional groups attached to an aromatic ring is 1. The molecule has 3 atom stereocenters. The minimum absolute atomic E-state index is 0.0539. The molecule has 2 rings (SSSR count). The molecule has 9 nitrogen and oxygen atoms in total. The molecule has 0 aromatic carbocycles. The second kappa shape index (κ2) is 7.01. The lowest BCUT2D eigenvalue weighted by Crippen LogP contribution is -2.43. The van der Waals surface area contributed by atoms with Crippen LogP contribution in [0.1, 0.15) is 56.4 Å². The van der Waals surface area contributed by atoms with Gasteiger partial charge in [-0.3, -0.25) is 9.48 Å². The summed E-state index contributed by atoms with van der Waals surface area (Å²) in [6.07, 6.45) is 2.72. The molecule has 136 valence electrons. The number of nitriles is 1. The number of nitrogens with one attached hydrogen (secondary N) is 1. The van der Waals surface area contributed by atoms with Crippen molar-refractivity contribution >= 4 is 17.8 Å². The van der Waals surface area contributed by atoms with Gasteiger partial charge in [0.05, 0.1) is 18.0 Å². The third kappa shape index (κ3) is 4.62. The average Bonchev–Trinajstić information content (AvgIpc) is 2.87. The van der Waals surface area contributed by atoms with Gasteiger partial charge < -0.3 is 21.5 Å². The Hall–Kier alpha value is -2.76. The number of ether oxygens (including phenoxy) is 1. The van der Waals surface area contributed by atoms with Crippen LogP contribution in [0.25, 0.3) is 0 Å². The van der Waals surface area contributed by atoms with E-state index in [0.717, 1.165) is 0 Å². The minimum atomic E-state index is -0.655. The van der Waals surface area contributed by atoms with E-state index < -0.39 is 17.6 Å². The zero-order valence-electron chi connectivity index (χ0n) is 14.7. The van der Waals surface area contributed by atoms with Gasteiger partial charge in [-0.15, -0.1) is 0 Å². The molecule has 9 heteroatoms. The fourth-order valence-electron chi connectivity index (χ4n) is 2.98. The van der Waals surface area contributed by atoms with Crippen LogP contribution in [-0.4, -0.2) is 33.4 Å². The predicted octanol–water partition coefficient (Wildman–Crippen LogP) is 1.32. The van der Waals surface area contributed by atoms with Crippen LogP contribution in [0.4, 0.5) is 10.6 Å². The van der Waals surface area contributed by atoms with E-state index in [2.05, 4.69) is 16.5 Å². The highest BCUT2D eigenvalue weighted by Crippen LogP contribution is 2.34. The summed E-state index contributed by atoms with van der Waals surface area (Å²) in [4.78, 5) is 23.2. The topological polar surface area (TPSA) is 149 Å². The average molecular weight is 348 g/mol. The Balaban J connectivity index is 2.05. The molecule has 25 heavy (non-hydrogen) atoms. The van der Waals surface area contributed by atoms with Gasteiger partial charge in [-0.1, -0.05) is 0 Å². The van der Waals surface area contributed by atoms with E-state index in [9.17, 15) is 14.9 Å². The monoisotopic (exact) mass is 348 g/mol. The Bertz CT molecular complexity index is 700. The summed E-state index contributed by atoms with van der Waals surface area (Å²) in [6.45, 7) is 5.38. The first-order valence-electron chi connectivity index (χ1n) is 8.14. The van der Waals surface area contributed by atoms with Gasteiger partial charge in [0.25, 0.3) is 5.91 Å². The summed E-state index contributed by atoms with van der Waals surface area (Å²) in [7, 11) is 0. The smallest absolute Gasteiger partial charge is 0.407 e. The number of rotatable bonds is 3. The van der Waals surface area contributed by atoms with Crippen molar-refractivity contribution in [3.8, 4) is 6.07 Å². The van der Waals surface area contributed by atoms with Crippen molar-refractivity contribution < 1.29 is 14.3 Å². The zero-order chi connectivity index (χ0) is 18.8. The van der Waals surface area contributed by atoms with E-state index in [1.165, 1.54) is 10.9 Å². The number of primary amides is 1.